The molecule has 0 unspecified atom stereocenters. The fraction of sp³-hybridized carbons (Fsp3) is 0.238. The molecule has 0 saturated heterocycles. The molecule has 142 valence electrons. The zero-order valence-electron chi connectivity index (χ0n) is 15.6. The van der Waals surface area contributed by atoms with Gasteiger partial charge >= 0.3 is 0 Å². The van der Waals surface area contributed by atoms with Crippen LogP contribution in [0.25, 0.3) is 21.8 Å². The molecule has 28 heavy (non-hydrogen) atoms. The predicted molar refractivity (Wildman–Crippen MR) is 108 cm³/mol. The highest BCUT2D eigenvalue weighted by atomic mass is 16.1. The molecule has 0 fully saturated rings. The molecule has 1 N–H and O–H groups in total. The van der Waals surface area contributed by atoms with Gasteiger partial charge in [-0.2, -0.15) is 5.10 Å². The maximum atomic E-state index is 12.9. The Kier molecular flexibility index (Phi) is 4.89. The first-order valence-electron chi connectivity index (χ1n) is 9.31. The fourth-order valence-electron chi connectivity index (χ4n) is 3.31. The Morgan fingerprint density at radius 1 is 1.11 bits per heavy atom. The van der Waals surface area contributed by atoms with Gasteiger partial charge in [0.05, 0.1) is 19.3 Å². The van der Waals surface area contributed by atoms with E-state index >= 15 is 0 Å². The Balaban J connectivity index is 1.62. The first-order chi connectivity index (χ1) is 13.7. The van der Waals surface area contributed by atoms with Crippen LogP contribution in [0, 0.1) is 0 Å². The summed E-state index contributed by atoms with van der Waals surface area (Å²) in [6.45, 7) is 3.17. The summed E-state index contributed by atoms with van der Waals surface area (Å²) >= 11 is 0. The molecule has 7 heteroatoms. The summed E-state index contributed by atoms with van der Waals surface area (Å²) in [5.41, 5.74) is 1.47. The highest BCUT2D eigenvalue weighted by Crippen LogP contribution is 2.19. The van der Waals surface area contributed by atoms with Gasteiger partial charge in [-0.15, -0.1) is 0 Å². The lowest BCUT2D eigenvalue weighted by atomic mass is 10.0. The van der Waals surface area contributed by atoms with Gasteiger partial charge in [0.2, 0.25) is 5.91 Å². The quantitative estimate of drug-likeness (QED) is 0.561. The summed E-state index contributed by atoms with van der Waals surface area (Å²) in [4.78, 5) is 28.7. The molecule has 0 aliphatic carbocycles. The molecule has 2 aromatic carbocycles. The Bertz CT molecular complexity index is 1200. The molecule has 0 spiro atoms. The highest BCUT2D eigenvalue weighted by Gasteiger charge is 2.11. The van der Waals surface area contributed by atoms with Crippen LogP contribution in [-0.4, -0.2) is 31.8 Å². The number of nitrogens with zero attached hydrogens (tertiary/aromatic N) is 4. The molecule has 0 saturated carbocycles. The average Bonchev–Trinajstić information content (AvgIpc) is 3.14. The van der Waals surface area contributed by atoms with E-state index in [0.29, 0.717) is 37.1 Å². The van der Waals surface area contributed by atoms with Crippen molar-refractivity contribution in [1.82, 2.24) is 24.6 Å². The van der Waals surface area contributed by atoms with Crippen LogP contribution in [0.5, 0.6) is 0 Å². The number of hydrogen-bond donors (Lipinski definition) is 1. The minimum atomic E-state index is -0.123. The second-order valence-electron chi connectivity index (χ2n) is 6.62. The number of fused-ring (bicyclic) bond motifs is 2. The van der Waals surface area contributed by atoms with Crippen LogP contribution < -0.4 is 10.9 Å². The van der Waals surface area contributed by atoms with Crippen LogP contribution in [0.1, 0.15) is 18.9 Å². The van der Waals surface area contributed by atoms with E-state index in [9.17, 15) is 9.59 Å². The summed E-state index contributed by atoms with van der Waals surface area (Å²) in [5, 5.41) is 9.81. The molecule has 0 bridgehead atoms. The van der Waals surface area contributed by atoms with Crippen molar-refractivity contribution in [2.75, 3.05) is 6.54 Å². The number of hydrogen-bond acceptors (Lipinski definition) is 4. The first kappa shape index (κ1) is 17.9. The van der Waals surface area contributed by atoms with Gasteiger partial charge in [0.15, 0.2) is 5.65 Å². The largest absolute Gasteiger partial charge is 0.354 e. The third-order valence-electron chi connectivity index (χ3n) is 4.81. The Hall–Kier alpha value is -3.48. The summed E-state index contributed by atoms with van der Waals surface area (Å²) in [7, 11) is 0. The van der Waals surface area contributed by atoms with E-state index in [2.05, 4.69) is 33.6 Å². The van der Waals surface area contributed by atoms with Crippen molar-refractivity contribution >= 4 is 27.7 Å². The van der Waals surface area contributed by atoms with Gasteiger partial charge < -0.3 is 5.32 Å². The second kappa shape index (κ2) is 7.64. The van der Waals surface area contributed by atoms with Crippen molar-refractivity contribution in [3.8, 4) is 0 Å². The van der Waals surface area contributed by atoms with Crippen molar-refractivity contribution in [2.45, 2.75) is 26.4 Å². The van der Waals surface area contributed by atoms with Gasteiger partial charge in [-0.25, -0.2) is 9.67 Å². The zero-order chi connectivity index (χ0) is 19.5. The van der Waals surface area contributed by atoms with E-state index in [1.165, 1.54) is 0 Å². The van der Waals surface area contributed by atoms with Gasteiger partial charge in [0.25, 0.3) is 5.56 Å². The SMILES string of the molecule is CCC(=O)NCCn1ncc2c(=O)n(Cc3cccc4ccccc34)cnc21. The fourth-order valence-corrected chi connectivity index (χ4v) is 3.31. The van der Waals surface area contributed by atoms with Gasteiger partial charge in [0.1, 0.15) is 11.7 Å². The molecule has 0 aliphatic heterocycles. The predicted octanol–water partition coefficient (Wildman–Crippen LogP) is 2.32. The lowest BCUT2D eigenvalue weighted by Gasteiger charge is -2.09. The van der Waals surface area contributed by atoms with Crippen molar-refractivity contribution in [1.29, 1.82) is 0 Å². The third kappa shape index (κ3) is 3.38. The normalized spacial score (nSPS) is 11.2. The van der Waals surface area contributed by atoms with E-state index < -0.39 is 0 Å². The molecule has 2 heterocycles. The number of carbonyl (C=O) groups excluding carboxylic acids is 1. The summed E-state index contributed by atoms with van der Waals surface area (Å²) in [5.74, 6) is -0.0122. The standard InChI is InChI=1S/C21H21N5O2/c1-2-19(27)22-10-11-26-20-18(12-24-26)21(28)25(14-23-20)13-16-8-5-7-15-6-3-4-9-17(15)16/h3-9,12,14H,2,10-11,13H2,1H3,(H,22,27). The zero-order valence-corrected chi connectivity index (χ0v) is 15.6. The Morgan fingerprint density at radius 3 is 2.79 bits per heavy atom. The van der Waals surface area contributed by atoms with Gasteiger partial charge in [-0.3, -0.25) is 14.2 Å². The molecule has 0 aliphatic rings. The van der Waals surface area contributed by atoms with Crippen molar-refractivity contribution < 1.29 is 4.79 Å². The van der Waals surface area contributed by atoms with E-state index in [4.69, 9.17) is 0 Å². The summed E-state index contributed by atoms with van der Waals surface area (Å²) in [6, 6.07) is 14.2. The molecule has 4 aromatic rings. The van der Waals surface area contributed by atoms with E-state index in [1.807, 2.05) is 24.3 Å². The number of rotatable bonds is 6. The molecule has 0 radical (unpaired) electrons. The van der Waals surface area contributed by atoms with Gasteiger partial charge in [-0.05, 0) is 16.3 Å². The van der Waals surface area contributed by atoms with Gasteiger partial charge in [0, 0.05) is 13.0 Å². The molecule has 2 aromatic heterocycles. The number of carbonyl (C=O) groups is 1. The second-order valence-corrected chi connectivity index (χ2v) is 6.62. The molecule has 0 atom stereocenters. The summed E-state index contributed by atoms with van der Waals surface area (Å²) < 4.78 is 3.25. The minimum absolute atomic E-state index is 0.0122. The molecular weight excluding hydrogens is 354 g/mol. The number of benzene rings is 2. The first-order valence-corrected chi connectivity index (χ1v) is 9.31. The lowest BCUT2D eigenvalue weighted by Crippen LogP contribution is -2.27. The van der Waals surface area contributed by atoms with E-state index in [0.717, 1.165) is 16.3 Å². The third-order valence-corrected chi connectivity index (χ3v) is 4.81. The van der Waals surface area contributed by atoms with Crippen LogP contribution in [0.3, 0.4) is 0 Å². The topological polar surface area (TPSA) is 81.8 Å². The smallest absolute Gasteiger partial charge is 0.264 e. The van der Waals surface area contributed by atoms with Gasteiger partial charge in [-0.1, -0.05) is 49.4 Å². The summed E-state index contributed by atoms with van der Waals surface area (Å²) in [6.07, 6.45) is 3.55. The maximum absolute atomic E-state index is 12.9. The van der Waals surface area contributed by atoms with Crippen molar-refractivity contribution in [3.05, 3.63) is 70.9 Å². The average molecular weight is 375 g/mol. The lowest BCUT2D eigenvalue weighted by molar-refractivity contribution is -0.120. The van der Waals surface area contributed by atoms with Crippen LogP contribution >= 0.6 is 0 Å². The number of nitrogens with one attached hydrogen (secondary N) is 1. The van der Waals surface area contributed by atoms with E-state index in [-0.39, 0.29) is 11.5 Å². The minimum Gasteiger partial charge on any atom is -0.354 e. The maximum Gasteiger partial charge on any atom is 0.264 e. The van der Waals surface area contributed by atoms with E-state index in [1.54, 1.807) is 28.7 Å². The van der Waals surface area contributed by atoms with Crippen molar-refractivity contribution in [2.24, 2.45) is 0 Å². The number of amides is 1. The van der Waals surface area contributed by atoms with Crippen LogP contribution in [0.2, 0.25) is 0 Å². The van der Waals surface area contributed by atoms with Crippen LogP contribution in [0.15, 0.2) is 59.8 Å². The van der Waals surface area contributed by atoms with Crippen LogP contribution in [-0.2, 0) is 17.9 Å². The monoisotopic (exact) mass is 375 g/mol. The molecular formula is C21H21N5O2. The molecule has 1 amide bonds. The van der Waals surface area contributed by atoms with Crippen LogP contribution in [0.4, 0.5) is 0 Å². The molecule has 4 rings (SSSR count). The highest BCUT2D eigenvalue weighted by molar-refractivity contribution is 5.85. The molecule has 7 nitrogen and oxygen atoms in total. The Morgan fingerprint density at radius 2 is 1.93 bits per heavy atom. The number of aromatic nitrogens is 4. The van der Waals surface area contributed by atoms with Crippen molar-refractivity contribution in [3.63, 3.8) is 0 Å². The Labute approximate surface area is 161 Å².